The van der Waals surface area contributed by atoms with E-state index in [1.54, 1.807) is 0 Å². The normalized spacial score (nSPS) is 12.2. The van der Waals surface area contributed by atoms with Crippen molar-refractivity contribution >= 4 is 22.9 Å². The zero-order valence-corrected chi connectivity index (χ0v) is 36.7. The lowest BCUT2D eigenvalue weighted by atomic mass is 9.88. The molecule has 4 N–H and O–H groups in total. The summed E-state index contributed by atoms with van der Waals surface area (Å²) in [5.41, 5.74) is 30.9. The van der Waals surface area contributed by atoms with E-state index in [9.17, 15) is 0 Å². The Morgan fingerprint density at radius 3 is 1.48 bits per heavy atom. The van der Waals surface area contributed by atoms with Crippen LogP contribution in [0.4, 0.5) is 0 Å². The molecule has 0 aliphatic heterocycles. The molecule has 66 heavy (non-hydrogen) atoms. The smallest absolute Gasteiger partial charge is 0.131 e. The first-order chi connectivity index (χ1) is 32.6. The Morgan fingerprint density at radius 2 is 0.864 bits per heavy atom. The zero-order chi connectivity index (χ0) is 44.9. The van der Waals surface area contributed by atoms with Crippen molar-refractivity contribution in [1.29, 1.82) is 0 Å². The summed E-state index contributed by atoms with van der Waals surface area (Å²) in [6, 6.07) is 84.1. The monoisotopic (exact) mass is 850 g/mol. The van der Waals surface area contributed by atoms with Gasteiger partial charge in [0.15, 0.2) is 0 Å². The number of nitrogens with zero attached hydrogens (tertiary/aromatic N) is 2. The van der Waals surface area contributed by atoms with Gasteiger partial charge in [-0.15, -0.1) is 0 Å². The Bertz CT molecular complexity index is 3170. The van der Waals surface area contributed by atoms with Crippen molar-refractivity contribution in [1.82, 2.24) is 0 Å². The molecule has 9 aromatic carbocycles. The average molecular weight is 851 g/mol. The molecule has 0 radical (unpaired) electrons. The van der Waals surface area contributed by atoms with Crippen LogP contribution < -0.4 is 11.5 Å². The Balaban J connectivity index is 1.00. The van der Waals surface area contributed by atoms with Crippen LogP contribution in [-0.4, -0.2) is 11.5 Å². The molecule has 0 aliphatic carbocycles. The van der Waals surface area contributed by atoms with Crippen LogP contribution in [0.25, 0.3) is 55.9 Å². The van der Waals surface area contributed by atoms with Crippen molar-refractivity contribution < 1.29 is 0 Å². The maximum Gasteiger partial charge on any atom is 0.131 e. The van der Waals surface area contributed by atoms with Gasteiger partial charge in [-0.1, -0.05) is 237 Å². The molecule has 0 aromatic heterocycles. The molecule has 0 aliphatic rings. The van der Waals surface area contributed by atoms with Crippen LogP contribution in [0.1, 0.15) is 33.4 Å². The van der Waals surface area contributed by atoms with Gasteiger partial charge in [0.25, 0.3) is 0 Å². The summed E-state index contributed by atoms with van der Waals surface area (Å²) in [6.45, 7) is 0.503. The van der Waals surface area contributed by atoms with E-state index in [0.29, 0.717) is 18.1 Å². The lowest BCUT2D eigenvalue weighted by Gasteiger charge is -2.16. The summed E-state index contributed by atoms with van der Waals surface area (Å²) in [4.78, 5) is 10.1. The van der Waals surface area contributed by atoms with E-state index >= 15 is 0 Å². The van der Waals surface area contributed by atoms with Crippen LogP contribution in [0.3, 0.4) is 0 Å². The van der Waals surface area contributed by atoms with Gasteiger partial charge in [0.1, 0.15) is 5.84 Å². The highest BCUT2D eigenvalue weighted by atomic mass is 14.9. The fourth-order valence-corrected chi connectivity index (χ4v) is 8.20. The number of allylic oxidation sites excluding steroid dienone is 2. The van der Waals surface area contributed by atoms with Crippen LogP contribution >= 0.6 is 0 Å². The molecule has 0 unspecified atom stereocenters. The second-order valence-corrected chi connectivity index (χ2v) is 16.1. The van der Waals surface area contributed by atoms with Gasteiger partial charge in [-0.25, -0.2) is 4.99 Å². The number of benzene rings is 9. The van der Waals surface area contributed by atoms with Crippen molar-refractivity contribution in [3.63, 3.8) is 0 Å². The third kappa shape index (κ3) is 10.4. The van der Waals surface area contributed by atoms with E-state index < -0.39 is 0 Å². The molecule has 9 aromatic rings. The molecule has 0 fully saturated rings. The number of rotatable bonds is 14. The molecule has 4 nitrogen and oxygen atoms in total. The highest BCUT2D eigenvalue weighted by Gasteiger charge is 2.14. The van der Waals surface area contributed by atoms with Gasteiger partial charge in [0.05, 0.1) is 18.0 Å². The van der Waals surface area contributed by atoms with E-state index in [0.717, 1.165) is 84.6 Å². The summed E-state index contributed by atoms with van der Waals surface area (Å²) in [6.07, 6.45) is 4.88. The van der Waals surface area contributed by atoms with E-state index in [2.05, 4.69) is 164 Å². The van der Waals surface area contributed by atoms with Crippen molar-refractivity contribution in [3.8, 4) is 44.5 Å². The van der Waals surface area contributed by atoms with Crippen molar-refractivity contribution in [2.24, 2.45) is 21.5 Å². The Labute approximate surface area is 388 Å². The van der Waals surface area contributed by atoms with Crippen LogP contribution in [-0.2, 0) is 13.0 Å². The van der Waals surface area contributed by atoms with E-state index in [1.165, 1.54) is 11.1 Å². The summed E-state index contributed by atoms with van der Waals surface area (Å²) < 4.78 is 0. The molecule has 318 valence electrons. The molecule has 4 heteroatoms. The van der Waals surface area contributed by atoms with Crippen molar-refractivity contribution in [2.75, 3.05) is 0 Å². The van der Waals surface area contributed by atoms with E-state index in [4.69, 9.17) is 21.5 Å². The van der Waals surface area contributed by atoms with Crippen molar-refractivity contribution in [2.45, 2.75) is 13.0 Å². The number of hydrogen-bond donors (Lipinski definition) is 2. The molecule has 0 atom stereocenters. The van der Waals surface area contributed by atoms with Gasteiger partial charge in [-0.2, -0.15) is 0 Å². The van der Waals surface area contributed by atoms with E-state index in [1.807, 2.05) is 91.0 Å². The Kier molecular flexibility index (Phi) is 13.4. The van der Waals surface area contributed by atoms with Crippen LogP contribution in [0.15, 0.2) is 265 Å². The first-order valence-electron chi connectivity index (χ1n) is 22.3. The molecular weight excluding hydrogens is 801 g/mol. The number of aliphatic imine (C=N–C) groups is 2. The van der Waals surface area contributed by atoms with Gasteiger partial charge in [0, 0.05) is 11.3 Å². The molecule has 0 amide bonds. The molecule has 0 heterocycles. The Hall–Kier alpha value is -8.60. The van der Waals surface area contributed by atoms with Gasteiger partial charge >= 0.3 is 0 Å². The standard InChI is InChI=1S/C62H50N4/c63-59(48-22-7-2-8-23-48)43-61(49-24-9-3-10-25-49)65-44-46-21-17-29-53(41-46)55-31-13-15-33-57(55)58-34-16-14-32-56(58)54-30-18-28-52(42-54)47-36-38-50(39-37-47)60(40-35-45-19-5-1-6-20-45)66-62(64)51-26-11-4-12-27-51/h1-34,36-43H,35,44,63H2,(H2,64,66)/b59-43-,60-40-,65-61+. The fraction of sp³-hybridized carbons (Fsp3) is 0.0323. The van der Waals surface area contributed by atoms with Crippen LogP contribution in [0.5, 0.6) is 0 Å². The SMILES string of the molecule is N/C(=C\C(=N/Cc1cccc(-c2ccccc2-c2ccccc2-c2cccc(-c3ccc(C(=C/Cc4ccccc4)/N=C(\N)c4ccccc4)cc3)c2)c1)c1ccccc1)c1ccccc1. The predicted octanol–water partition coefficient (Wildman–Crippen LogP) is 14.3. The highest BCUT2D eigenvalue weighted by Crippen LogP contribution is 2.39. The fourth-order valence-electron chi connectivity index (χ4n) is 8.20. The minimum Gasteiger partial charge on any atom is -0.398 e. The second kappa shape index (κ2) is 20.7. The molecule has 9 rings (SSSR count). The third-order valence-corrected chi connectivity index (χ3v) is 11.7. The highest BCUT2D eigenvalue weighted by molar-refractivity contribution is 6.12. The predicted molar refractivity (Wildman–Crippen MR) is 279 cm³/mol. The van der Waals surface area contributed by atoms with Crippen LogP contribution in [0, 0.1) is 0 Å². The first-order valence-corrected chi connectivity index (χ1v) is 22.3. The average Bonchev–Trinajstić information content (AvgIpc) is 3.40. The minimum absolute atomic E-state index is 0.486. The second-order valence-electron chi connectivity index (χ2n) is 16.1. The Morgan fingerprint density at radius 1 is 0.379 bits per heavy atom. The topological polar surface area (TPSA) is 76.8 Å². The third-order valence-electron chi connectivity index (χ3n) is 11.7. The van der Waals surface area contributed by atoms with Gasteiger partial charge in [0.2, 0.25) is 0 Å². The molecular formula is C62H50N4. The molecule has 0 spiro atoms. The van der Waals surface area contributed by atoms with E-state index in [-0.39, 0.29) is 0 Å². The lowest BCUT2D eigenvalue weighted by Crippen LogP contribution is -2.13. The van der Waals surface area contributed by atoms with Gasteiger partial charge < -0.3 is 11.5 Å². The summed E-state index contributed by atoms with van der Waals surface area (Å²) in [5, 5.41) is 0. The molecule has 0 saturated carbocycles. The maximum absolute atomic E-state index is 6.61. The zero-order valence-electron chi connectivity index (χ0n) is 36.7. The van der Waals surface area contributed by atoms with Crippen molar-refractivity contribution in [3.05, 3.63) is 288 Å². The lowest BCUT2D eigenvalue weighted by molar-refractivity contribution is 1.07. The molecule has 0 bridgehead atoms. The summed E-state index contributed by atoms with van der Waals surface area (Å²) in [7, 11) is 0. The maximum atomic E-state index is 6.61. The number of nitrogens with two attached hydrogens (primary N) is 2. The van der Waals surface area contributed by atoms with Gasteiger partial charge in [-0.3, -0.25) is 4.99 Å². The minimum atomic E-state index is 0.486. The van der Waals surface area contributed by atoms with Gasteiger partial charge in [-0.05, 0) is 97.0 Å². The quantitative estimate of drug-likeness (QED) is 0.0844. The van der Waals surface area contributed by atoms with Crippen LogP contribution in [0.2, 0.25) is 0 Å². The number of amidine groups is 1. The molecule has 0 saturated heterocycles. The first kappa shape index (κ1) is 42.7. The number of hydrogen-bond acceptors (Lipinski definition) is 3. The largest absolute Gasteiger partial charge is 0.398 e. The summed E-state index contributed by atoms with van der Waals surface area (Å²) >= 11 is 0. The summed E-state index contributed by atoms with van der Waals surface area (Å²) in [5.74, 6) is 0.486.